The van der Waals surface area contributed by atoms with E-state index in [1.807, 2.05) is 18.2 Å². The van der Waals surface area contributed by atoms with Crippen molar-refractivity contribution in [2.75, 3.05) is 0 Å². The maximum absolute atomic E-state index is 10.8. The molecule has 0 aliphatic heterocycles. The van der Waals surface area contributed by atoms with Gasteiger partial charge in [-0.05, 0) is 22.1 Å². The molecule has 0 spiro atoms. The Balaban J connectivity index is 3.32. The number of benzene rings is 1. The molecule has 1 aromatic rings. The van der Waals surface area contributed by atoms with Gasteiger partial charge in [-0.3, -0.25) is 4.79 Å². The summed E-state index contributed by atoms with van der Waals surface area (Å²) in [6, 6.07) is 5.70. The number of rotatable bonds is 3. The van der Waals surface area contributed by atoms with Crippen LogP contribution in [0.25, 0.3) is 0 Å². The smallest absolute Gasteiger partial charge is 0.307 e. The fraction of sp³-hybridized carbons (Fsp3) is 0.462. The molecule has 1 rings (SSSR count). The van der Waals surface area contributed by atoms with Gasteiger partial charge in [0.25, 0.3) is 0 Å². The van der Waals surface area contributed by atoms with Crippen LogP contribution in [0.4, 0.5) is 0 Å². The normalized spacial score (nSPS) is 11.5. The summed E-state index contributed by atoms with van der Waals surface area (Å²) in [5.41, 5.74) is 8.58. The zero-order chi connectivity index (χ0) is 12.3. The lowest BCUT2D eigenvalue weighted by Crippen LogP contribution is -2.20. The molecule has 88 valence electrons. The number of nitrogens with two attached hydrogens (primary N) is 1. The van der Waals surface area contributed by atoms with Crippen LogP contribution in [0, 0.1) is 0 Å². The van der Waals surface area contributed by atoms with Crippen LogP contribution in [-0.2, 0) is 23.2 Å². The molecule has 0 radical (unpaired) electrons. The highest BCUT2D eigenvalue weighted by Crippen LogP contribution is 2.29. The van der Waals surface area contributed by atoms with Gasteiger partial charge in [-0.25, -0.2) is 0 Å². The molecule has 0 aromatic heterocycles. The largest absolute Gasteiger partial charge is 0.481 e. The Morgan fingerprint density at radius 2 is 1.88 bits per heavy atom. The molecule has 0 amide bonds. The average Bonchev–Trinajstić information content (AvgIpc) is 2.14. The van der Waals surface area contributed by atoms with Gasteiger partial charge in [0.2, 0.25) is 0 Å². The van der Waals surface area contributed by atoms with Crippen molar-refractivity contribution in [3.05, 3.63) is 34.9 Å². The molecule has 0 bridgehead atoms. The molecule has 16 heavy (non-hydrogen) atoms. The van der Waals surface area contributed by atoms with Gasteiger partial charge in [-0.15, -0.1) is 0 Å². The standard InChI is InChI=1S/C13H19NO2/c1-13(2,3)12-9(7-11(15)16)5-4-6-10(12)8-14/h4-6H,7-8,14H2,1-3H3,(H,15,16). The quantitative estimate of drug-likeness (QED) is 0.821. The highest BCUT2D eigenvalue weighted by molar-refractivity contribution is 5.71. The van der Waals surface area contributed by atoms with Crippen LogP contribution in [0.1, 0.15) is 37.5 Å². The summed E-state index contributed by atoms with van der Waals surface area (Å²) in [6.45, 7) is 6.67. The first-order valence-corrected chi connectivity index (χ1v) is 5.39. The predicted octanol–water partition coefficient (Wildman–Crippen LogP) is 2.07. The summed E-state index contributed by atoms with van der Waals surface area (Å²) in [7, 11) is 0. The zero-order valence-corrected chi connectivity index (χ0v) is 10.1. The summed E-state index contributed by atoms with van der Waals surface area (Å²) in [5.74, 6) is -0.806. The lowest BCUT2D eigenvalue weighted by atomic mass is 9.80. The van der Waals surface area contributed by atoms with Crippen LogP contribution in [0.15, 0.2) is 18.2 Å². The van der Waals surface area contributed by atoms with Gasteiger partial charge in [-0.2, -0.15) is 0 Å². The summed E-state index contributed by atoms with van der Waals surface area (Å²) < 4.78 is 0. The van der Waals surface area contributed by atoms with Gasteiger partial charge in [0.05, 0.1) is 6.42 Å². The van der Waals surface area contributed by atoms with E-state index >= 15 is 0 Å². The first kappa shape index (κ1) is 12.7. The number of aliphatic carboxylic acids is 1. The SMILES string of the molecule is CC(C)(C)c1c(CN)cccc1CC(=O)O. The van der Waals surface area contributed by atoms with Gasteiger partial charge < -0.3 is 10.8 Å². The number of carbonyl (C=O) groups is 1. The van der Waals surface area contributed by atoms with Crippen LogP contribution >= 0.6 is 0 Å². The molecule has 3 nitrogen and oxygen atoms in total. The molecule has 3 heteroatoms. The van der Waals surface area contributed by atoms with Gasteiger partial charge in [0.15, 0.2) is 0 Å². The minimum absolute atomic E-state index is 0.0560. The Morgan fingerprint density at radius 1 is 1.31 bits per heavy atom. The molecule has 0 aliphatic carbocycles. The van der Waals surface area contributed by atoms with E-state index in [2.05, 4.69) is 20.8 Å². The van der Waals surface area contributed by atoms with Crippen molar-refractivity contribution in [3.63, 3.8) is 0 Å². The molecule has 0 saturated carbocycles. The Hall–Kier alpha value is -1.35. The molecular formula is C13H19NO2. The fourth-order valence-electron chi connectivity index (χ4n) is 2.10. The van der Waals surface area contributed by atoms with Crippen LogP contribution in [0.5, 0.6) is 0 Å². The Kier molecular flexibility index (Phi) is 3.70. The van der Waals surface area contributed by atoms with E-state index in [1.165, 1.54) is 0 Å². The van der Waals surface area contributed by atoms with Gasteiger partial charge in [0.1, 0.15) is 0 Å². The maximum atomic E-state index is 10.8. The van der Waals surface area contributed by atoms with Gasteiger partial charge >= 0.3 is 5.97 Å². The van der Waals surface area contributed by atoms with Crippen molar-refractivity contribution in [1.82, 2.24) is 0 Å². The van der Waals surface area contributed by atoms with E-state index in [1.54, 1.807) is 0 Å². The van der Waals surface area contributed by atoms with Crippen LogP contribution in [0.3, 0.4) is 0 Å². The third kappa shape index (κ3) is 2.83. The van der Waals surface area contributed by atoms with Gasteiger partial charge in [-0.1, -0.05) is 39.0 Å². The number of hydrogen-bond acceptors (Lipinski definition) is 2. The molecule has 0 unspecified atom stereocenters. The van der Waals surface area contributed by atoms with Crippen LogP contribution < -0.4 is 5.73 Å². The predicted molar refractivity (Wildman–Crippen MR) is 64.4 cm³/mol. The fourth-order valence-corrected chi connectivity index (χ4v) is 2.10. The highest BCUT2D eigenvalue weighted by Gasteiger charge is 2.21. The van der Waals surface area contributed by atoms with E-state index in [4.69, 9.17) is 10.8 Å². The molecule has 0 atom stereocenters. The topological polar surface area (TPSA) is 63.3 Å². The van der Waals surface area contributed by atoms with E-state index in [0.717, 1.165) is 16.7 Å². The van der Waals surface area contributed by atoms with Crippen molar-refractivity contribution in [2.24, 2.45) is 5.73 Å². The van der Waals surface area contributed by atoms with Crippen molar-refractivity contribution in [1.29, 1.82) is 0 Å². The van der Waals surface area contributed by atoms with Crippen LogP contribution in [-0.4, -0.2) is 11.1 Å². The van der Waals surface area contributed by atoms with Crippen molar-refractivity contribution >= 4 is 5.97 Å². The van der Waals surface area contributed by atoms with E-state index in [9.17, 15) is 4.79 Å². The van der Waals surface area contributed by atoms with Crippen molar-refractivity contribution in [3.8, 4) is 0 Å². The summed E-state index contributed by atoms with van der Waals surface area (Å²) in [5, 5.41) is 8.89. The van der Waals surface area contributed by atoms with E-state index in [0.29, 0.717) is 6.54 Å². The lowest BCUT2D eigenvalue weighted by Gasteiger charge is -2.25. The minimum atomic E-state index is -0.806. The monoisotopic (exact) mass is 221 g/mol. The van der Waals surface area contributed by atoms with Crippen molar-refractivity contribution in [2.45, 2.75) is 39.2 Å². The molecule has 3 N–H and O–H groups in total. The Morgan fingerprint density at radius 3 is 2.31 bits per heavy atom. The summed E-state index contributed by atoms with van der Waals surface area (Å²) in [6.07, 6.45) is 0.0560. The molecular weight excluding hydrogens is 202 g/mol. The Labute approximate surface area is 96.3 Å². The Bertz CT molecular complexity index is 391. The third-order valence-corrected chi connectivity index (χ3v) is 2.55. The average molecular weight is 221 g/mol. The second-order valence-corrected chi connectivity index (χ2v) is 4.98. The number of carboxylic acid groups (broad SMARTS) is 1. The third-order valence-electron chi connectivity index (χ3n) is 2.55. The zero-order valence-electron chi connectivity index (χ0n) is 10.1. The highest BCUT2D eigenvalue weighted by atomic mass is 16.4. The minimum Gasteiger partial charge on any atom is -0.481 e. The summed E-state index contributed by atoms with van der Waals surface area (Å²) >= 11 is 0. The van der Waals surface area contributed by atoms with Crippen LogP contribution in [0.2, 0.25) is 0 Å². The molecule has 1 aromatic carbocycles. The number of carboxylic acids is 1. The summed E-state index contributed by atoms with van der Waals surface area (Å²) in [4.78, 5) is 10.8. The van der Waals surface area contributed by atoms with E-state index < -0.39 is 5.97 Å². The van der Waals surface area contributed by atoms with E-state index in [-0.39, 0.29) is 11.8 Å². The molecule has 0 fully saturated rings. The molecule has 0 heterocycles. The lowest BCUT2D eigenvalue weighted by molar-refractivity contribution is -0.136. The maximum Gasteiger partial charge on any atom is 0.307 e. The first-order valence-electron chi connectivity index (χ1n) is 5.39. The molecule has 0 aliphatic rings. The second-order valence-electron chi connectivity index (χ2n) is 4.98. The first-order chi connectivity index (χ1) is 7.36. The van der Waals surface area contributed by atoms with Crippen molar-refractivity contribution < 1.29 is 9.90 Å². The molecule has 0 saturated heterocycles. The second kappa shape index (κ2) is 4.66. The van der Waals surface area contributed by atoms with Gasteiger partial charge in [0, 0.05) is 6.54 Å². The number of hydrogen-bond donors (Lipinski definition) is 2.